The van der Waals surface area contributed by atoms with Gasteiger partial charge in [0.2, 0.25) is 0 Å². The minimum absolute atomic E-state index is 0.202. The maximum absolute atomic E-state index is 12.9. The van der Waals surface area contributed by atoms with E-state index in [1.807, 2.05) is 32.0 Å². The summed E-state index contributed by atoms with van der Waals surface area (Å²) in [6.45, 7) is 3.95. The number of halogens is 1. The average molecular weight is 523 g/mol. The molecular formula is C27H23ClN2O5S. The van der Waals surface area contributed by atoms with Crippen molar-refractivity contribution in [3.05, 3.63) is 87.8 Å². The summed E-state index contributed by atoms with van der Waals surface area (Å²) in [5.41, 5.74) is 2.78. The summed E-state index contributed by atoms with van der Waals surface area (Å²) in [4.78, 5) is 39.1. The van der Waals surface area contributed by atoms with Crippen LogP contribution in [0, 0.1) is 6.92 Å². The standard InChI is InChI=1S/C27H23ClN2O5S/c1-3-34-23-13-18(10-11-22(23)35-16-25(31)29-20-8-4-6-17(2)12-20)14-24-26(32)30(27(33)36-24)21-9-5-7-19(28)15-21/h4-15H,3,16H2,1-2H3,(H,29,31)/b24-14-. The highest BCUT2D eigenvalue weighted by molar-refractivity contribution is 8.19. The number of ether oxygens (including phenoxy) is 2. The van der Waals surface area contributed by atoms with Gasteiger partial charge in [-0.3, -0.25) is 14.4 Å². The molecule has 0 bridgehead atoms. The Bertz CT molecular complexity index is 1360. The Hall–Kier alpha value is -3.75. The van der Waals surface area contributed by atoms with Crippen LogP contribution in [0.3, 0.4) is 0 Å². The molecule has 0 aliphatic carbocycles. The molecule has 1 saturated heterocycles. The lowest BCUT2D eigenvalue weighted by Crippen LogP contribution is -2.27. The molecule has 1 N–H and O–H groups in total. The first-order valence-corrected chi connectivity index (χ1v) is 12.3. The van der Waals surface area contributed by atoms with Gasteiger partial charge in [0, 0.05) is 10.7 Å². The Morgan fingerprint density at radius 2 is 1.83 bits per heavy atom. The molecule has 9 heteroatoms. The van der Waals surface area contributed by atoms with E-state index in [0.717, 1.165) is 22.2 Å². The van der Waals surface area contributed by atoms with Crippen LogP contribution in [-0.4, -0.2) is 30.3 Å². The van der Waals surface area contributed by atoms with E-state index in [1.165, 1.54) is 0 Å². The number of carbonyl (C=O) groups is 3. The fourth-order valence-corrected chi connectivity index (χ4v) is 4.55. The fraction of sp³-hybridized carbons (Fsp3) is 0.148. The molecule has 3 amide bonds. The summed E-state index contributed by atoms with van der Waals surface area (Å²) in [6, 6.07) is 19.1. The Morgan fingerprint density at radius 1 is 1.03 bits per heavy atom. The second-order valence-electron chi connectivity index (χ2n) is 7.84. The van der Waals surface area contributed by atoms with Gasteiger partial charge in [0.1, 0.15) is 0 Å². The zero-order valence-electron chi connectivity index (χ0n) is 19.6. The van der Waals surface area contributed by atoms with Crippen LogP contribution in [-0.2, 0) is 9.59 Å². The number of imide groups is 1. The Labute approximate surface area is 218 Å². The molecule has 1 aliphatic rings. The molecule has 3 aromatic carbocycles. The minimum Gasteiger partial charge on any atom is -0.490 e. The van der Waals surface area contributed by atoms with Crippen molar-refractivity contribution in [1.29, 1.82) is 0 Å². The number of thioether (sulfide) groups is 1. The highest BCUT2D eigenvalue weighted by atomic mass is 35.5. The number of aryl methyl sites for hydroxylation is 1. The lowest BCUT2D eigenvalue weighted by atomic mass is 10.1. The molecule has 0 saturated carbocycles. The maximum Gasteiger partial charge on any atom is 0.298 e. The van der Waals surface area contributed by atoms with Crippen LogP contribution in [0.5, 0.6) is 11.5 Å². The zero-order valence-corrected chi connectivity index (χ0v) is 21.2. The van der Waals surface area contributed by atoms with E-state index >= 15 is 0 Å². The molecule has 1 fully saturated rings. The van der Waals surface area contributed by atoms with Crippen molar-refractivity contribution in [2.45, 2.75) is 13.8 Å². The Morgan fingerprint density at radius 3 is 2.58 bits per heavy atom. The molecule has 1 heterocycles. The van der Waals surface area contributed by atoms with Gasteiger partial charge in [-0.05, 0) is 85.3 Å². The van der Waals surface area contributed by atoms with Gasteiger partial charge < -0.3 is 14.8 Å². The van der Waals surface area contributed by atoms with E-state index in [-0.39, 0.29) is 17.4 Å². The molecule has 4 rings (SSSR count). The summed E-state index contributed by atoms with van der Waals surface area (Å²) in [7, 11) is 0. The second kappa shape index (κ2) is 11.3. The number of hydrogen-bond donors (Lipinski definition) is 1. The molecule has 3 aromatic rings. The molecule has 36 heavy (non-hydrogen) atoms. The first kappa shape index (κ1) is 25.3. The van der Waals surface area contributed by atoms with E-state index < -0.39 is 11.1 Å². The van der Waals surface area contributed by atoms with Crippen molar-refractivity contribution in [3.63, 3.8) is 0 Å². The highest BCUT2D eigenvalue weighted by Gasteiger charge is 2.36. The first-order valence-electron chi connectivity index (χ1n) is 11.1. The van der Waals surface area contributed by atoms with Crippen molar-refractivity contribution in [2.24, 2.45) is 0 Å². The lowest BCUT2D eigenvalue weighted by Gasteiger charge is -2.13. The molecule has 1 aliphatic heterocycles. The molecule has 0 aromatic heterocycles. The van der Waals surface area contributed by atoms with Crippen LogP contribution in [0.15, 0.2) is 71.6 Å². The number of nitrogens with one attached hydrogen (secondary N) is 1. The summed E-state index contributed by atoms with van der Waals surface area (Å²) < 4.78 is 11.4. The SMILES string of the molecule is CCOc1cc(/C=C2\SC(=O)N(c3cccc(Cl)c3)C2=O)ccc1OCC(=O)Nc1cccc(C)c1. The predicted molar refractivity (Wildman–Crippen MR) is 143 cm³/mol. The predicted octanol–water partition coefficient (Wildman–Crippen LogP) is 6.31. The maximum atomic E-state index is 12.9. The smallest absolute Gasteiger partial charge is 0.298 e. The molecule has 0 radical (unpaired) electrons. The number of hydrogen-bond acceptors (Lipinski definition) is 6. The molecule has 0 unspecified atom stereocenters. The summed E-state index contributed by atoms with van der Waals surface area (Å²) in [6.07, 6.45) is 1.62. The van der Waals surface area contributed by atoms with Crippen molar-refractivity contribution < 1.29 is 23.9 Å². The number of nitrogens with zero attached hydrogens (tertiary/aromatic N) is 1. The van der Waals surface area contributed by atoms with Gasteiger partial charge in [0.15, 0.2) is 18.1 Å². The second-order valence-corrected chi connectivity index (χ2v) is 9.27. The number of anilines is 2. The normalized spacial score (nSPS) is 14.3. The molecule has 184 valence electrons. The fourth-order valence-electron chi connectivity index (χ4n) is 3.52. The van der Waals surface area contributed by atoms with E-state index in [2.05, 4.69) is 5.32 Å². The van der Waals surface area contributed by atoms with E-state index in [1.54, 1.807) is 54.6 Å². The number of carbonyl (C=O) groups excluding carboxylic acids is 3. The minimum atomic E-state index is -0.432. The third-order valence-electron chi connectivity index (χ3n) is 5.09. The Kier molecular flexibility index (Phi) is 7.97. The van der Waals surface area contributed by atoms with Crippen LogP contribution in [0.4, 0.5) is 16.2 Å². The third kappa shape index (κ3) is 6.08. The van der Waals surface area contributed by atoms with Crippen LogP contribution in [0.2, 0.25) is 5.02 Å². The van der Waals surface area contributed by atoms with E-state index in [9.17, 15) is 14.4 Å². The van der Waals surface area contributed by atoms with Crippen molar-refractivity contribution in [2.75, 3.05) is 23.4 Å². The summed E-state index contributed by atoms with van der Waals surface area (Å²) in [5, 5.41) is 2.82. The molecule has 7 nitrogen and oxygen atoms in total. The third-order valence-corrected chi connectivity index (χ3v) is 6.19. The summed E-state index contributed by atoms with van der Waals surface area (Å²) >= 11 is 6.86. The van der Waals surface area contributed by atoms with Gasteiger partial charge in [-0.15, -0.1) is 0 Å². The van der Waals surface area contributed by atoms with Gasteiger partial charge in [-0.1, -0.05) is 35.9 Å². The van der Waals surface area contributed by atoms with Crippen molar-refractivity contribution in [1.82, 2.24) is 0 Å². The largest absolute Gasteiger partial charge is 0.490 e. The quantitative estimate of drug-likeness (QED) is 0.349. The number of amides is 3. The average Bonchev–Trinajstić information content (AvgIpc) is 3.11. The zero-order chi connectivity index (χ0) is 25.7. The molecule has 0 spiro atoms. The Balaban J connectivity index is 1.48. The molecule has 0 atom stereocenters. The topological polar surface area (TPSA) is 84.9 Å². The monoisotopic (exact) mass is 522 g/mol. The number of rotatable bonds is 8. The molecular weight excluding hydrogens is 500 g/mol. The van der Waals surface area contributed by atoms with Crippen LogP contribution in [0.1, 0.15) is 18.1 Å². The van der Waals surface area contributed by atoms with Gasteiger partial charge in [0.25, 0.3) is 17.1 Å². The number of benzene rings is 3. The lowest BCUT2D eigenvalue weighted by molar-refractivity contribution is -0.118. The van der Waals surface area contributed by atoms with Gasteiger partial charge >= 0.3 is 0 Å². The van der Waals surface area contributed by atoms with E-state index in [4.69, 9.17) is 21.1 Å². The van der Waals surface area contributed by atoms with Crippen molar-refractivity contribution in [3.8, 4) is 11.5 Å². The van der Waals surface area contributed by atoms with E-state index in [0.29, 0.717) is 40.1 Å². The van der Waals surface area contributed by atoms with Crippen LogP contribution in [0.25, 0.3) is 6.08 Å². The summed E-state index contributed by atoms with van der Waals surface area (Å²) in [5.74, 6) is 0.0734. The van der Waals surface area contributed by atoms with Crippen molar-refractivity contribution >= 4 is 57.9 Å². The van der Waals surface area contributed by atoms with Crippen LogP contribution < -0.4 is 19.7 Å². The highest BCUT2D eigenvalue weighted by Crippen LogP contribution is 2.37. The first-order chi connectivity index (χ1) is 17.3. The van der Waals surface area contributed by atoms with Gasteiger partial charge in [-0.2, -0.15) is 0 Å². The van der Waals surface area contributed by atoms with Gasteiger partial charge in [-0.25, -0.2) is 4.90 Å². The van der Waals surface area contributed by atoms with Crippen LogP contribution >= 0.6 is 23.4 Å². The van der Waals surface area contributed by atoms with Gasteiger partial charge in [0.05, 0.1) is 17.2 Å².